The number of methoxy groups -OCH3 is 2. The molecule has 4 nitrogen and oxygen atoms in total. The van der Waals surface area contributed by atoms with E-state index in [9.17, 15) is 10.2 Å². The largest absolute Gasteiger partial charge is 0.497 e. The van der Waals surface area contributed by atoms with Crippen LogP contribution >= 0.6 is 0 Å². The zero-order chi connectivity index (χ0) is 15.1. The van der Waals surface area contributed by atoms with Crippen molar-refractivity contribution in [3.05, 3.63) is 35.9 Å². The number of allylic oxidation sites excluding steroid dienone is 1. The summed E-state index contributed by atoms with van der Waals surface area (Å²) in [5, 5.41) is 19.8. The van der Waals surface area contributed by atoms with Crippen LogP contribution < -0.4 is 9.47 Å². The lowest BCUT2D eigenvalue weighted by Gasteiger charge is -2.20. The van der Waals surface area contributed by atoms with Crippen LogP contribution in [0.25, 0.3) is 0 Å². The van der Waals surface area contributed by atoms with Crippen LogP contribution in [0, 0.1) is 5.92 Å². The smallest absolute Gasteiger partial charge is 0.128 e. The first-order valence-electron chi connectivity index (χ1n) is 6.70. The van der Waals surface area contributed by atoms with Gasteiger partial charge in [0.1, 0.15) is 11.5 Å². The molecule has 0 aliphatic rings. The summed E-state index contributed by atoms with van der Waals surface area (Å²) in [6.45, 7) is 5.53. The molecule has 4 heteroatoms. The van der Waals surface area contributed by atoms with Gasteiger partial charge in [-0.3, -0.25) is 0 Å². The van der Waals surface area contributed by atoms with Crippen molar-refractivity contribution >= 4 is 0 Å². The second-order valence-corrected chi connectivity index (χ2v) is 4.90. The number of benzene rings is 1. The minimum atomic E-state index is -0.505. The molecule has 1 rings (SSSR count). The maximum absolute atomic E-state index is 10.2. The molecule has 20 heavy (non-hydrogen) atoms. The number of ether oxygens (including phenoxy) is 2. The Morgan fingerprint density at radius 3 is 2.50 bits per heavy atom. The second kappa shape index (κ2) is 7.92. The van der Waals surface area contributed by atoms with E-state index in [1.54, 1.807) is 26.4 Å². The zero-order valence-electron chi connectivity index (χ0n) is 12.4. The molecule has 1 aromatic rings. The first-order chi connectivity index (χ1) is 9.57. The molecule has 2 atom stereocenters. The van der Waals surface area contributed by atoms with Gasteiger partial charge in [-0.25, -0.2) is 0 Å². The van der Waals surface area contributed by atoms with Crippen molar-refractivity contribution in [1.29, 1.82) is 0 Å². The van der Waals surface area contributed by atoms with Crippen LogP contribution in [0.3, 0.4) is 0 Å². The average Bonchev–Trinajstić information content (AvgIpc) is 2.46. The fraction of sp³-hybridized carbons (Fsp3) is 0.500. The number of rotatable bonds is 8. The topological polar surface area (TPSA) is 58.9 Å². The molecule has 0 bridgehead atoms. The van der Waals surface area contributed by atoms with E-state index in [1.165, 1.54) is 0 Å². The molecular weight excluding hydrogens is 256 g/mol. The van der Waals surface area contributed by atoms with Crippen molar-refractivity contribution in [2.75, 3.05) is 14.2 Å². The Hall–Kier alpha value is -1.52. The first kappa shape index (κ1) is 16.5. The van der Waals surface area contributed by atoms with Crippen LogP contribution in [0.15, 0.2) is 24.8 Å². The van der Waals surface area contributed by atoms with E-state index < -0.39 is 6.10 Å². The fourth-order valence-corrected chi connectivity index (χ4v) is 2.18. The van der Waals surface area contributed by atoms with Gasteiger partial charge in [-0.15, -0.1) is 6.58 Å². The Morgan fingerprint density at radius 2 is 2.00 bits per heavy atom. The van der Waals surface area contributed by atoms with E-state index in [2.05, 4.69) is 6.58 Å². The van der Waals surface area contributed by atoms with Crippen molar-refractivity contribution in [2.45, 2.75) is 32.5 Å². The monoisotopic (exact) mass is 280 g/mol. The molecule has 0 unspecified atom stereocenters. The molecule has 1 aromatic carbocycles. The molecule has 0 aliphatic carbocycles. The van der Waals surface area contributed by atoms with Crippen LogP contribution in [0.5, 0.6) is 11.5 Å². The van der Waals surface area contributed by atoms with E-state index in [0.717, 1.165) is 12.0 Å². The van der Waals surface area contributed by atoms with Crippen LogP contribution in [0.1, 0.15) is 24.5 Å². The predicted molar refractivity (Wildman–Crippen MR) is 79.2 cm³/mol. The maximum Gasteiger partial charge on any atom is 0.128 e. The van der Waals surface area contributed by atoms with E-state index in [1.807, 2.05) is 13.0 Å². The molecule has 0 aromatic heterocycles. The van der Waals surface area contributed by atoms with E-state index in [4.69, 9.17) is 9.47 Å². The van der Waals surface area contributed by atoms with Gasteiger partial charge in [0.15, 0.2) is 0 Å². The van der Waals surface area contributed by atoms with Crippen LogP contribution in [0.4, 0.5) is 0 Å². The van der Waals surface area contributed by atoms with Crippen molar-refractivity contribution in [2.24, 2.45) is 5.92 Å². The molecule has 0 heterocycles. The summed E-state index contributed by atoms with van der Waals surface area (Å²) in [7, 11) is 3.13. The van der Waals surface area contributed by atoms with Gasteiger partial charge < -0.3 is 19.7 Å². The number of hydrogen-bond donors (Lipinski definition) is 2. The molecule has 0 saturated carbocycles. The number of hydrogen-bond acceptors (Lipinski definition) is 4. The van der Waals surface area contributed by atoms with Crippen LogP contribution in [0.2, 0.25) is 0 Å². The van der Waals surface area contributed by atoms with Crippen molar-refractivity contribution in [1.82, 2.24) is 0 Å². The highest BCUT2D eigenvalue weighted by molar-refractivity contribution is 5.46. The molecule has 112 valence electrons. The highest BCUT2D eigenvalue weighted by Crippen LogP contribution is 2.30. The number of aliphatic hydroxyl groups excluding tert-OH is 2. The van der Waals surface area contributed by atoms with Gasteiger partial charge in [-0.1, -0.05) is 13.0 Å². The van der Waals surface area contributed by atoms with E-state index in [-0.39, 0.29) is 12.5 Å². The normalized spacial score (nSPS) is 13.7. The van der Waals surface area contributed by atoms with Gasteiger partial charge >= 0.3 is 0 Å². The summed E-state index contributed by atoms with van der Waals surface area (Å²) in [6, 6.07) is 3.56. The highest BCUT2D eigenvalue weighted by atomic mass is 16.5. The molecule has 0 spiro atoms. The summed E-state index contributed by atoms with van der Waals surface area (Å²) in [5.74, 6) is 1.33. The van der Waals surface area contributed by atoms with Gasteiger partial charge in [0, 0.05) is 11.6 Å². The molecule has 0 aliphatic heterocycles. The van der Waals surface area contributed by atoms with Crippen molar-refractivity contribution < 1.29 is 19.7 Å². The standard InChI is InChI=1S/C16H24O4/c1-5-6-11(2)15(18)8-12-7-13(19-3)9-16(20-4)14(12)10-17/h5,7,9,11,15,17-18H,1,6,8,10H2,2-4H3/t11-,15+/m0/s1. The quantitative estimate of drug-likeness (QED) is 0.717. The Morgan fingerprint density at radius 1 is 1.30 bits per heavy atom. The third kappa shape index (κ3) is 3.99. The zero-order valence-corrected chi connectivity index (χ0v) is 12.4. The van der Waals surface area contributed by atoms with Crippen molar-refractivity contribution in [3.63, 3.8) is 0 Å². The van der Waals surface area contributed by atoms with Crippen LogP contribution in [-0.4, -0.2) is 30.5 Å². The Bertz CT molecular complexity index is 442. The highest BCUT2D eigenvalue weighted by Gasteiger charge is 2.18. The van der Waals surface area contributed by atoms with Gasteiger partial charge in [0.05, 0.1) is 26.9 Å². The SMILES string of the molecule is C=CC[C@H](C)[C@H](O)Cc1cc(OC)cc(OC)c1CO. The predicted octanol–water partition coefficient (Wildman–Crippen LogP) is 2.31. The molecular formula is C16H24O4. The Kier molecular flexibility index (Phi) is 6.55. The first-order valence-corrected chi connectivity index (χ1v) is 6.70. The summed E-state index contributed by atoms with van der Waals surface area (Å²) < 4.78 is 10.5. The van der Waals surface area contributed by atoms with E-state index >= 15 is 0 Å². The third-order valence-electron chi connectivity index (χ3n) is 3.51. The lowest BCUT2D eigenvalue weighted by atomic mass is 9.92. The third-order valence-corrected chi connectivity index (χ3v) is 3.51. The summed E-state index contributed by atoms with van der Waals surface area (Å²) >= 11 is 0. The van der Waals surface area contributed by atoms with Gasteiger partial charge in [-0.05, 0) is 30.4 Å². The van der Waals surface area contributed by atoms with Crippen molar-refractivity contribution in [3.8, 4) is 11.5 Å². The summed E-state index contributed by atoms with van der Waals surface area (Å²) in [6.07, 6.45) is 2.48. The molecule has 0 saturated heterocycles. The number of aliphatic hydroxyl groups is 2. The molecule has 0 fully saturated rings. The lowest BCUT2D eigenvalue weighted by molar-refractivity contribution is 0.117. The molecule has 2 N–H and O–H groups in total. The minimum Gasteiger partial charge on any atom is -0.497 e. The summed E-state index contributed by atoms with van der Waals surface area (Å²) in [4.78, 5) is 0. The van der Waals surface area contributed by atoms with Gasteiger partial charge in [0.25, 0.3) is 0 Å². The molecule has 0 amide bonds. The van der Waals surface area contributed by atoms with Gasteiger partial charge in [0.2, 0.25) is 0 Å². The fourth-order valence-electron chi connectivity index (χ4n) is 2.18. The maximum atomic E-state index is 10.2. The minimum absolute atomic E-state index is 0.108. The lowest BCUT2D eigenvalue weighted by Crippen LogP contribution is -2.21. The average molecular weight is 280 g/mol. The Balaban J connectivity index is 3.05. The molecule has 0 radical (unpaired) electrons. The van der Waals surface area contributed by atoms with E-state index in [0.29, 0.717) is 23.5 Å². The summed E-state index contributed by atoms with van der Waals surface area (Å²) in [5.41, 5.74) is 1.53. The van der Waals surface area contributed by atoms with Gasteiger partial charge in [-0.2, -0.15) is 0 Å². The van der Waals surface area contributed by atoms with Crippen LogP contribution in [-0.2, 0) is 13.0 Å². The Labute approximate surface area is 120 Å². The second-order valence-electron chi connectivity index (χ2n) is 4.90.